The van der Waals surface area contributed by atoms with E-state index in [-0.39, 0.29) is 10.8 Å². The van der Waals surface area contributed by atoms with Gasteiger partial charge in [0.25, 0.3) is 15.9 Å². The number of carbonyl (C=O) groups is 1. The molecule has 1 aliphatic rings. The van der Waals surface area contributed by atoms with E-state index in [2.05, 4.69) is 5.32 Å². The Morgan fingerprint density at radius 1 is 1.09 bits per heavy atom. The third-order valence-electron chi connectivity index (χ3n) is 3.91. The van der Waals surface area contributed by atoms with E-state index in [1.54, 1.807) is 35.2 Å². The topological polar surface area (TPSA) is 71.4 Å². The van der Waals surface area contributed by atoms with Gasteiger partial charge in [-0.1, -0.05) is 17.7 Å². The van der Waals surface area contributed by atoms with Crippen molar-refractivity contribution >= 4 is 15.9 Å². The molecular weight excluding hydrogens is 314 g/mol. The standard InChI is InChI=1S/C16H19N3O3S/c1-13-2-4-15(5-3-13)23(21,22)19-9-6-14(12-19)16(20)18-10-7-17-8-11-18/h2-6,9,12,17H,7-8,10-11H2,1H3. The molecule has 3 rings (SSSR count). The van der Waals surface area contributed by atoms with Gasteiger partial charge in [-0.15, -0.1) is 0 Å². The van der Waals surface area contributed by atoms with Crippen LogP contribution >= 0.6 is 0 Å². The van der Waals surface area contributed by atoms with E-state index >= 15 is 0 Å². The molecule has 1 aromatic heterocycles. The van der Waals surface area contributed by atoms with Crippen LogP contribution in [-0.4, -0.2) is 49.4 Å². The molecule has 2 heterocycles. The zero-order valence-corrected chi connectivity index (χ0v) is 13.7. The van der Waals surface area contributed by atoms with Crippen LogP contribution in [0.2, 0.25) is 0 Å². The summed E-state index contributed by atoms with van der Waals surface area (Å²) in [7, 11) is -3.67. The Morgan fingerprint density at radius 3 is 2.39 bits per heavy atom. The second kappa shape index (κ2) is 6.17. The smallest absolute Gasteiger partial charge is 0.267 e. The maximum absolute atomic E-state index is 12.6. The Kier molecular flexibility index (Phi) is 4.23. The van der Waals surface area contributed by atoms with Crippen LogP contribution in [-0.2, 0) is 10.0 Å². The van der Waals surface area contributed by atoms with Gasteiger partial charge in [0.15, 0.2) is 0 Å². The van der Waals surface area contributed by atoms with Crippen molar-refractivity contribution in [3.05, 3.63) is 53.9 Å². The van der Waals surface area contributed by atoms with Gasteiger partial charge in [-0.25, -0.2) is 12.4 Å². The van der Waals surface area contributed by atoms with Crippen molar-refractivity contribution < 1.29 is 13.2 Å². The van der Waals surface area contributed by atoms with E-state index < -0.39 is 10.0 Å². The molecule has 0 radical (unpaired) electrons. The van der Waals surface area contributed by atoms with Crippen molar-refractivity contribution in [1.82, 2.24) is 14.2 Å². The third-order valence-corrected chi connectivity index (χ3v) is 5.56. The lowest BCUT2D eigenvalue weighted by atomic mass is 10.2. The number of rotatable bonds is 3. The summed E-state index contributed by atoms with van der Waals surface area (Å²) in [6, 6.07) is 8.20. The Morgan fingerprint density at radius 2 is 1.74 bits per heavy atom. The van der Waals surface area contributed by atoms with Gasteiger partial charge in [-0.05, 0) is 25.1 Å². The van der Waals surface area contributed by atoms with Crippen LogP contribution in [0, 0.1) is 6.92 Å². The van der Waals surface area contributed by atoms with Crippen LogP contribution in [0.1, 0.15) is 15.9 Å². The lowest BCUT2D eigenvalue weighted by Crippen LogP contribution is -2.46. The van der Waals surface area contributed by atoms with E-state index in [0.717, 1.165) is 22.6 Å². The van der Waals surface area contributed by atoms with Gasteiger partial charge in [0.05, 0.1) is 10.5 Å². The minimum atomic E-state index is -3.67. The fourth-order valence-corrected chi connectivity index (χ4v) is 3.73. The molecule has 2 aromatic rings. The zero-order chi connectivity index (χ0) is 16.4. The van der Waals surface area contributed by atoms with E-state index in [0.29, 0.717) is 18.7 Å². The van der Waals surface area contributed by atoms with Crippen LogP contribution in [0.4, 0.5) is 0 Å². The minimum absolute atomic E-state index is 0.135. The largest absolute Gasteiger partial charge is 0.336 e. The molecule has 7 heteroatoms. The second-order valence-corrected chi connectivity index (χ2v) is 7.43. The molecule has 6 nitrogen and oxygen atoms in total. The van der Waals surface area contributed by atoms with Crippen LogP contribution in [0.3, 0.4) is 0 Å². The number of piperazine rings is 1. The SMILES string of the molecule is Cc1ccc(S(=O)(=O)n2ccc(C(=O)N3CCNCC3)c2)cc1. The van der Waals surface area contributed by atoms with E-state index in [4.69, 9.17) is 0 Å². The summed E-state index contributed by atoms with van der Waals surface area (Å²) in [6.07, 6.45) is 2.81. The third kappa shape index (κ3) is 3.16. The van der Waals surface area contributed by atoms with Gasteiger partial charge in [0, 0.05) is 38.6 Å². The molecule has 23 heavy (non-hydrogen) atoms. The number of hydrogen-bond donors (Lipinski definition) is 1. The Labute approximate surface area is 135 Å². The summed E-state index contributed by atoms with van der Waals surface area (Å²) in [5.74, 6) is -0.135. The lowest BCUT2D eigenvalue weighted by molar-refractivity contribution is 0.0736. The maximum atomic E-state index is 12.6. The minimum Gasteiger partial charge on any atom is -0.336 e. The maximum Gasteiger partial charge on any atom is 0.267 e. The van der Waals surface area contributed by atoms with Crippen LogP contribution in [0.25, 0.3) is 0 Å². The molecular formula is C16H19N3O3S. The normalized spacial score (nSPS) is 15.6. The molecule has 0 spiro atoms. The molecule has 0 atom stereocenters. The Hall–Kier alpha value is -2.12. The molecule has 0 aliphatic carbocycles. The first-order valence-electron chi connectivity index (χ1n) is 7.49. The highest BCUT2D eigenvalue weighted by molar-refractivity contribution is 7.90. The molecule has 0 unspecified atom stereocenters. The first kappa shape index (κ1) is 15.8. The summed E-state index contributed by atoms with van der Waals surface area (Å²) in [5, 5.41) is 3.18. The van der Waals surface area contributed by atoms with Crippen molar-refractivity contribution in [3.8, 4) is 0 Å². The Bertz CT molecular complexity index is 803. The summed E-state index contributed by atoms with van der Waals surface area (Å²) in [6.45, 7) is 4.68. The highest BCUT2D eigenvalue weighted by Gasteiger charge is 2.22. The molecule has 1 amide bonds. The number of nitrogens with zero attached hydrogens (tertiary/aromatic N) is 2. The fourth-order valence-electron chi connectivity index (χ4n) is 2.54. The summed E-state index contributed by atoms with van der Waals surface area (Å²) >= 11 is 0. The number of hydrogen-bond acceptors (Lipinski definition) is 4. The molecule has 1 aromatic carbocycles. The highest BCUT2D eigenvalue weighted by atomic mass is 32.2. The number of carbonyl (C=O) groups excluding carboxylic acids is 1. The average molecular weight is 333 g/mol. The van der Waals surface area contributed by atoms with E-state index in [1.807, 2.05) is 6.92 Å². The summed E-state index contributed by atoms with van der Waals surface area (Å²) in [5.41, 5.74) is 1.38. The molecule has 0 bridgehead atoms. The number of aromatic nitrogens is 1. The van der Waals surface area contributed by atoms with Crippen LogP contribution < -0.4 is 5.32 Å². The van der Waals surface area contributed by atoms with Gasteiger partial charge < -0.3 is 10.2 Å². The number of aryl methyl sites for hydroxylation is 1. The molecule has 0 saturated carbocycles. The van der Waals surface area contributed by atoms with Gasteiger partial charge in [0.1, 0.15) is 0 Å². The molecule has 1 fully saturated rings. The van der Waals surface area contributed by atoms with Gasteiger partial charge >= 0.3 is 0 Å². The van der Waals surface area contributed by atoms with Crippen molar-refractivity contribution in [2.75, 3.05) is 26.2 Å². The van der Waals surface area contributed by atoms with Gasteiger partial charge in [0.2, 0.25) is 0 Å². The number of amides is 1. The molecule has 1 saturated heterocycles. The first-order chi connectivity index (χ1) is 11.0. The zero-order valence-electron chi connectivity index (χ0n) is 12.9. The molecule has 1 N–H and O–H groups in total. The second-order valence-electron chi connectivity index (χ2n) is 5.59. The number of benzene rings is 1. The summed E-state index contributed by atoms with van der Waals surface area (Å²) < 4.78 is 26.3. The van der Waals surface area contributed by atoms with E-state index in [9.17, 15) is 13.2 Å². The summed E-state index contributed by atoms with van der Waals surface area (Å²) in [4.78, 5) is 14.4. The molecule has 1 aliphatic heterocycles. The lowest BCUT2D eigenvalue weighted by Gasteiger charge is -2.27. The predicted molar refractivity (Wildman–Crippen MR) is 87.0 cm³/mol. The van der Waals surface area contributed by atoms with Crippen molar-refractivity contribution in [2.24, 2.45) is 0 Å². The quantitative estimate of drug-likeness (QED) is 0.912. The highest BCUT2D eigenvalue weighted by Crippen LogP contribution is 2.17. The fraction of sp³-hybridized carbons (Fsp3) is 0.312. The van der Waals surface area contributed by atoms with Crippen LogP contribution in [0.5, 0.6) is 0 Å². The van der Waals surface area contributed by atoms with E-state index in [1.165, 1.54) is 12.4 Å². The number of nitrogens with one attached hydrogen (secondary N) is 1. The van der Waals surface area contributed by atoms with Crippen molar-refractivity contribution in [2.45, 2.75) is 11.8 Å². The average Bonchev–Trinajstić information content (AvgIpc) is 3.06. The van der Waals surface area contributed by atoms with Gasteiger partial charge in [-0.2, -0.15) is 0 Å². The monoisotopic (exact) mass is 333 g/mol. The van der Waals surface area contributed by atoms with Crippen molar-refractivity contribution in [1.29, 1.82) is 0 Å². The van der Waals surface area contributed by atoms with Gasteiger partial charge in [-0.3, -0.25) is 4.79 Å². The Balaban J connectivity index is 1.86. The molecule has 122 valence electrons. The van der Waals surface area contributed by atoms with Crippen LogP contribution in [0.15, 0.2) is 47.6 Å². The predicted octanol–water partition coefficient (Wildman–Crippen LogP) is 1.08. The van der Waals surface area contributed by atoms with Crippen molar-refractivity contribution in [3.63, 3.8) is 0 Å². The first-order valence-corrected chi connectivity index (χ1v) is 8.93.